The summed E-state index contributed by atoms with van der Waals surface area (Å²) in [6, 6.07) is 4.42. The van der Waals surface area contributed by atoms with E-state index in [1.54, 1.807) is 17.8 Å². The van der Waals surface area contributed by atoms with Crippen LogP contribution in [0, 0.1) is 5.82 Å². The predicted octanol–water partition coefficient (Wildman–Crippen LogP) is 2.88. The standard InChI is InChI=1S/C11H11FO2S/c12-7-3-4-10-9(6-7)8(11(13)14)2-1-5-15-10/h3-4,6,8H,1-2,5H2,(H,13,14). The zero-order valence-electron chi connectivity index (χ0n) is 8.07. The third-order valence-corrected chi connectivity index (χ3v) is 3.72. The van der Waals surface area contributed by atoms with Gasteiger partial charge in [-0.15, -0.1) is 11.8 Å². The number of hydrogen-bond acceptors (Lipinski definition) is 2. The Morgan fingerprint density at radius 2 is 2.33 bits per heavy atom. The predicted molar refractivity (Wildman–Crippen MR) is 56.7 cm³/mol. The number of aliphatic carboxylic acids is 1. The molecule has 0 radical (unpaired) electrons. The molecule has 1 heterocycles. The quantitative estimate of drug-likeness (QED) is 0.800. The Morgan fingerprint density at radius 1 is 1.53 bits per heavy atom. The SMILES string of the molecule is O=C(O)C1CCCSc2ccc(F)cc21. The second kappa shape index (κ2) is 4.23. The smallest absolute Gasteiger partial charge is 0.311 e. The first-order valence-corrected chi connectivity index (χ1v) is 5.82. The van der Waals surface area contributed by atoms with Gasteiger partial charge in [0.1, 0.15) is 5.82 Å². The van der Waals surface area contributed by atoms with E-state index in [9.17, 15) is 9.18 Å². The van der Waals surface area contributed by atoms with E-state index in [1.807, 2.05) is 0 Å². The van der Waals surface area contributed by atoms with Gasteiger partial charge in [0.2, 0.25) is 0 Å². The van der Waals surface area contributed by atoms with Crippen molar-refractivity contribution in [1.29, 1.82) is 0 Å². The largest absolute Gasteiger partial charge is 0.481 e. The van der Waals surface area contributed by atoms with E-state index in [0.29, 0.717) is 12.0 Å². The lowest BCUT2D eigenvalue weighted by Gasteiger charge is -2.12. The van der Waals surface area contributed by atoms with Crippen molar-refractivity contribution >= 4 is 17.7 Å². The van der Waals surface area contributed by atoms with Crippen LogP contribution < -0.4 is 0 Å². The summed E-state index contributed by atoms with van der Waals surface area (Å²) in [5.41, 5.74) is 0.630. The second-order valence-corrected chi connectivity index (χ2v) is 4.70. The van der Waals surface area contributed by atoms with Crippen LogP contribution in [0.25, 0.3) is 0 Å². The monoisotopic (exact) mass is 226 g/mol. The van der Waals surface area contributed by atoms with Crippen molar-refractivity contribution in [2.75, 3.05) is 5.75 Å². The number of rotatable bonds is 1. The van der Waals surface area contributed by atoms with Gasteiger partial charge in [-0.05, 0) is 42.4 Å². The Morgan fingerprint density at radius 3 is 3.07 bits per heavy atom. The molecule has 0 amide bonds. The van der Waals surface area contributed by atoms with Gasteiger partial charge in [0.25, 0.3) is 0 Å². The van der Waals surface area contributed by atoms with Gasteiger partial charge in [0.05, 0.1) is 5.92 Å². The van der Waals surface area contributed by atoms with E-state index in [4.69, 9.17) is 5.11 Å². The first kappa shape index (κ1) is 10.5. The summed E-state index contributed by atoms with van der Waals surface area (Å²) in [5, 5.41) is 9.07. The molecule has 0 spiro atoms. The number of carbonyl (C=O) groups is 1. The van der Waals surface area contributed by atoms with Gasteiger partial charge in [-0.2, -0.15) is 0 Å². The van der Waals surface area contributed by atoms with Gasteiger partial charge < -0.3 is 5.11 Å². The van der Waals surface area contributed by atoms with Crippen molar-refractivity contribution in [1.82, 2.24) is 0 Å². The number of benzene rings is 1. The number of carboxylic acids is 1. The fourth-order valence-electron chi connectivity index (χ4n) is 1.80. The van der Waals surface area contributed by atoms with Crippen LogP contribution in [0.5, 0.6) is 0 Å². The van der Waals surface area contributed by atoms with Crippen LogP contribution in [0.2, 0.25) is 0 Å². The topological polar surface area (TPSA) is 37.3 Å². The Kier molecular flexibility index (Phi) is 2.95. The highest BCUT2D eigenvalue weighted by molar-refractivity contribution is 7.99. The molecule has 1 aliphatic rings. The van der Waals surface area contributed by atoms with Crippen LogP contribution >= 0.6 is 11.8 Å². The molecule has 0 bridgehead atoms. The third kappa shape index (κ3) is 2.15. The Hall–Kier alpha value is -1.03. The first-order valence-electron chi connectivity index (χ1n) is 4.83. The molecule has 80 valence electrons. The van der Waals surface area contributed by atoms with Crippen LogP contribution in [0.1, 0.15) is 24.3 Å². The van der Waals surface area contributed by atoms with E-state index >= 15 is 0 Å². The molecule has 1 unspecified atom stereocenters. The van der Waals surface area contributed by atoms with E-state index < -0.39 is 11.9 Å². The minimum absolute atomic E-state index is 0.359. The average Bonchev–Trinajstić information content (AvgIpc) is 2.39. The van der Waals surface area contributed by atoms with Crippen LogP contribution in [0.4, 0.5) is 4.39 Å². The zero-order valence-corrected chi connectivity index (χ0v) is 8.89. The molecular formula is C11H11FO2S. The minimum atomic E-state index is -0.857. The Balaban J connectivity index is 2.46. The summed E-state index contributed by atoms with van der Waals surface area (Å²) in [5.74, 6) is -0.861. The molecule has 2 nitrogen and oxygen atoms in total. The lowest BCUT2D eigenvalue weighted by molar-refractivity contribution is -0.139. The molecule has 0 saturated carbocycles. The second-order valence-electron chi connectivity index (χ2n) is 3.56. The Labute approximate surface area is 91.5 Å². The number of hydrogen-bond donors (Lipinski definition) is 1. The van der Waals surface area contributed by atoms with Crippen molar-refractivity contribution in [2.24, 2.45) is 0 Å². The highest BCUT2D eigenvalue weighted by Gasteiger charge is 2.25. The van der Waals surface area contributed by atoms with E-state index in [0.717, 1.165) is 17.1 Å². The number of thioether (sulfide) groups is 1. The summed E-state index contributed by atoms with van der Waals surface area (Å²) >= 11 is 1.61. The van der Waals surface area contributed by atoms with E-state index in [1.165, 1.54) is 12.1 Å². The normalized spacial score (nSPS) is 20.5. The molecule has 15 heavy (non-hydrogen) atoms. The lowest BCUT2D eigenvalue weighted by atomic mass is 9.95. The molecule has 0 fully saturated rings. The maximum Gasteiger partial charge on any atom is 0.311 e. The van der Waals surface area contributed by atoms with Crippen molar-refractivity contribution in [2.45, 2.75) is 23.7 Å². The lowest BCUT2D eigenvalue weighted by Crippen LogP contribution is -2.11. The first-order chi connectivity index (χ1) is 7.18. The average molecular weight is 226 g/mol. The van der Waals surface area contributed by atoms with Gasteiger partial charge >= 0.3 is 5.97 Å². The summed E-state index contributed by atoms with van der Waals surface area (Å²) < 4.78 is 13.1. The van der Waals surface area contributed by atoms with Gasteiger partial charge in [0, 0.05) is 4.90 Å². The zero-order chi connectivity index (χ0) is 10.8. The molecule has 4 heteroatoms. The Bertz CT molecular complexity index is 392. The number of carboxylic acid groups (broad SMARTS) is 1. The molecule has 1 aromatic rings. The number of halogens is 1. The van der Waals surface area contributed by atoms with Gasteiger partial charge in [0.15, 0.2) is 0 Å². The van der Waals surface area contributed by atoms with Gasteiger partial charge in [-0.1, -0.05) is 0 Å². The van der Waals surface area contributed by atoms with Crippen molar-refractivity contribution in [3.05, 3.63) is 29.6 Å². The van der Waals surface area contributed by atoms with Crippen LogP contribution in [-0.4, -0.2) is 16.8 Å². The third-order valence-electron chi connectivity index (χ3n) is 2.54. The number of fused-ring (bicyclic) bond motifs is 1. The molecule has 0 aromatic heterocycles. The molecule has 1 atom stereocenters. The molecule has 0 aliphatic carbocycles. The molecule has 1 aliphatic heterocycles. The summed E-state index contributed by atoms with van der Waals surface area (Å²) in [6.07, 6.45) is 1.46. The highest BCUT2D eigenvalue weighted by atomic mass is 32.2. The minimum Gasteiger partial charge on any atom is -0.481 e. The van der Waals surface area contributed by atoms with Crippen LogP contribution in [0.3, 0.4) is 0 Å². The van der Waals surface area contributed by atoms with E-state index in [2.05, 4.69) is 0 Å². The van der Waals surface area contributed by atoms with Gasteiger partial charge in [-0.3, -0.25) is 4.79 Å². The maximum atomic E-state index is 13.1. The van der Waals surface area contributed by atoms with Crippen molar-refractivity contribution < 1.29 is 14.3 Å². The fourth-order valence-corrected chi connectivity index (χ4v) is 2.87. The summed E-state index contributed by atoms with van der Waals surface area (Å²) in [4.78, 5) is 12.0. The van der Waals surface area contributed by atoms with Gasteiger partial charge in [-0.25, -0.2) is 4.39 Å². The highest BCUT2D eigenvalue weighted by Crippen LogP contribution is 2.36. The summed E-state index contributed by atoms with van der Waals surface area (Å²) in [6.45, 7) is 0. The van der Waals surface area contributed by atoms with Crippen LogP contribution in [0.15, 0.2) is 23.1 Å². The molecule has 1 aromatic carbocycles. The fraction of sp³-hybridized carbons (Fsp3) is 0.364. The molecule has 1 N–H and O–H groups in total. The van der Waals surface area contributed by atoms with E-state index in [-0.39, 0.29) is 5.82 Å². The van der Waals surface area contributed by atoms with Crippen molar-refractivity contribution in [3.63, 3.8) is 0 Å². The molecule has 2 rings (SSSR count). The maximum absolute atomic E-state index is 13.1. The molecule has 0 saturated heterocycles. The van der Waals surface area contributed by atoms with Crippen LogP contribution in [-0.2, 0) is 4.79 Å². The summed E-state index contributed by atoms with van der Waals surface area (Å²) in [7, 11) is 0. The molecular weight excluding hydrogens is 215 g/mol. The van der Waals surface area contributed by atoms with Crippen molar-refractivity contribution in [3.8, 4) is 0 Å².